The Kier molecular flexibility index (Phi) is 7.47. The number of benzene rings is 2. The number of ether oxygens (including phenoxy) is 1. The number of rotatable bonds is 4. The van der Waals surface area contributed by atoms with Gasteiger partial charge in [-0.15, -0.1) is 0 Å². The van der Waals surface area contributed by atoms with Crippen molar-refractivity contribution in [3.05, 3.63) is 58.6 Å². The average Bonchev–Trinajstić information content (AvgIpc) is 2.50. The molecule has 3 nitrogen and oxygen atoms in total. The summed E-state index contributed by atoms with van der Waals surface area (Å²) in [5.41, 5.74) is 1.67. The second-order valence-electron chi connectivity index (χ2n) is 4.84. The van der Waals surface area contributed by atoms with Gasteiger partial charge in [0.1, 0.15) is 11.5 Å². The Balaban J connectivity index is 0.000000220. The van der Waals surface area contributed by atoms with Crippen LogP contribution in [0.25, 0.3) is 0 Å². The molecule has 0 unspecified atom stereocenters. The van der Waals surface area contributed by atoms with Crippen LogP contribution in [-0.2, 0) is 0 Å². The molecule has 1 N–H and O–H groups in total. The van der Waals surface area contributed by atoms with E-state index in [4.69, 9.17) is 21.4 Å². The molecular formula is C18H21ClO3. The molecule has 0 atom stereocenters. The van der Waals surface area contributed by atoms with Crippen molar-refractivity contribution in [3.8, 4) is 11.5 Å². The van der Waals surface area contributed by atoms with Crippen LogP contribution in [-0.4, -0.2) is 17.5 Å². The van der Waals surface area contributed by atoms with E-state index in [1.807, 2.05) is 18.2 Å². The number of phenolic OH excluding ortho intramolecular Hbond substituents is 1. The number of halogens is 1. The van der Waals surface area contributed by atoms with Crippen molar-refractivity contribution in [2.24, 2.45) is 0 Å². The maximum Gasteiger partial charge on any atom is 0.159 e. The van der Waals surface area contributed by atoms with E-state index in [0.717, 1.165) is 18.8 Å². The highest BCUT2D eigenvalue weighted by molar-refractivity contribution is 6.32. The lowest BCUT2D eigenvalue weighted by Gasteiger charge is -2.06. The quantitative estimate of drug-likeness (QED) is 0.803. The monoisotopic (exact) mass is 320 g/mol. The highest BCUT2D eigenvalue weighted by Crippen LogP contribution is 2.23. The van der Waals surface area contributed by atoms with Crippen LogP contribution in [0.5, 0.6) is 11.5 Å². The maximum atomic E-state index is 10.8. The number of carbonyl (C=O) groups is 1. The molecule has 2 rings (SSSR count). The standard InChI is InChI=1S/C10H14O.C8H7ClO2/c1-3-8-11-10-7-5-4-6-9(10)2;1-5(10)6-2-3-7(9)8(11)4-6/h4-7H,3,8H2,1-2H3;2-4,11H,1H3. The van der Waals surface area contributed by atoms with Gasteiger partial charge in [-0.05, 0) is 50.1 Å². The zero-order valence-electron chi connectivity index (χ0n) is 13.1. The Hall–Kier alpha value is -2.00. The molecule has 0 aliphatic heterocycles. The smallest absolute Gasteiger partial charge is 0.159 e. The fraction of sp³-hybridized carbons (Fsp3) is 0.278. The number of aromatic hydroxyl groups is 1. The SMILES string of the molecule is CC(=O)c1ccc(Cl)c(O)c1.CCCOc1ccccc1C. The fourth-order valence-corrected chi connectivity index (χ4v) is 1.78. The van der Waals surface area contributed by atoms with Crippen molar-refractivity contribution in [1.82, 2.24) is 0 Å². The molecule has 0 amide bonds. The number of hydrogen-bond acceptors (Lipinski definition) is 3. The first kappa shape index (κ1) is 18.1. The summed E-state index contributed by atoms with van der Waals surface area (Å²) in [6.07, 6.45) is 1.06. The number of para-hydroxylation sites is 1. The molecule has 22 heavy (non-hydrogen) atoms. The Morgan fingerprint density at radius 2 is 1.91 bits per heavy atom. The van der Waals surface area contributed by atoms with Gasteiger partial charge in [0, 0.05) is 5.56 Å². The van der Waals surface area contributed by atoms with Gasteiger partial charge in [-0.2, -0.15) is 0 Å². The predicted octanol–water partition coefficient (Wildman–Crippen LogP) is 5.03. The molecule has 0 bridgehead atoms. The van der Waals surface area contributed by atoms with E-state index in [2.05, 4.69) is 19.9 Å². The fourth-order valence-electron chi connectivity index (χ4n) is 1.66. The summed E-state index contributed by atoms with van der Waals surface area (Å²) < 4.78 is 5.49. The molecule has 0 heterocycles. The number of Topliss-reactive ketones (excluding diaryl/α,β-unsaturated/α-hetero) is 1. The van der Waals surface area contributed by atoms with Crippen LogP contribution in [0.4, 0.5) is 0 Å². The Morgan fingerprint density at radius 1 is 1.23 bits per heavy atom. The van der Waals surface area contributed by atoms with Crippen LogP contribution in [0.1, 0.15) is 36.2 Å². The molecular weight excluding hydrogens is 300 g/mol. The zero-order valence-corrected chi connectivity index (χ0v) is 13.9. The van der Waals surface area contributed by atoms with E-state index in [1.165, 1.54) is 24.6 Å². The van der Waals surface area contributed by atoms with E-state index in [1.54, 1.807) is 6.07 Å². The average molecular weight is 321 g/mol. The van der Waals surface area contributed by atoms with Crippen LogP contribution < -0.4 is 4.74 Å². The first-order valence-corrected chi connectivity index (χ1v) is 7.51. The maximum absolute atomic E-state index is 10.8. The van der Waals surface area contributed by atoms with E-state index in [-0.39, 0.29) is 16.6 Å². The van der Waals surface area contributed by atoms with Gasteiger partial charge in [-0.25, -0.2) is 0 Å². The Bertz CT molecular complexity index is 623. The van der Waals surface area contributed by atoms with Crippen molar-refractivity contribution in [3.63, 3.8) is 0 Å². The molecule has 2 aromatic rings. The van der Waals surface area contributed by atoms with Gasteiger partial charge in [0.15, 0.2) is 5.78 Å². The number of ketones is 1. The summed E-state index contributed by atoms with van der Waals surface area (Å²) in [6, 6.07) is 12.5. The van der Waals surface area contributed by atoms with Crippen molar-refractivity contribution >= 4 is 17.4 Å². The number of aryl methyl sites for hydroxylation is 1. The van der Waals surface area contributed by atoms with Gasteiger partial charge in [-0.1, -0.05) is 36.7 Å². The molecule has 2 aromatic carbocycles. The third-order valence-electron chi connectivity index (χ3n) is 2.91. The number of phenols is 1. The third-order valence-corrected chi connectivity index (χ3v) is 3.23. The number of carbonyl (C=O) groups excluding carboxylic acids is 1. The first-order valence-electron chi connectivity index (χ1n) is 7.13. The van der Waals surface area contributed by atoms with Gasteiger partial charge >= 0.3 is 0 Å². The minimum absolute atomic E-state index is 0.0561. The lowest BCUT2D eigenvalue weighted by atomic mass is 10.1. The summed E-state index contributed by atoms with van der Waals surface area (Å²) >= 11 is 5.52. The van der Waals surface area contributed by atoms with E-state index in [9.17, 15) is 4.79 Å². The van der Waals surface area contributed by atoms with Crippen LogP contribution in [0.2, 0.25) is 5.02 Å². The van der Waals surface area contributed by atoms with Crippen molar-refractivity contribution in [2.45, 2.75) is 27.2 Å². The van der Waals surface area contributed by atoms with Crippen molar-refractivity contribution in [1.29, 1.82) is 0 Å². The normalized spacial score (nSPS) is 9.64. The van der Waals surface area contributed by atoms with Crippen LogP contribution in [0.3, 0.4) is 0 Å². The van der Waals surface area contributed by atoms with Crippen molar-refractivity contribution < 1.29 is 14.6 Å². The molecule has 118 valence electrons. The van der Waals surface area contributed by atoms with Gasteiger partial charge in [0.05, 0.1) is 11.6 Å². The van der Waals surface area contributed by atoms with Gasteiger partial charge in [0.25, 0.3) is 0 Å². The summed E-state index contributed by atoms with van der Waals surface area (Å²) in [5, 5.41) is 9.32. The molecule has 0 aliphatic carbocycles. The summed E-state index contributed by atoms with van der Waals surface area (Å²) in [6.45, 7) is 6.41. The molecule has 0 saturated heterocycles. The van der Waals surface area contributed by atoms with E-state index >= 15 is 0 Å². The van der Waals surface area contributed by atoms with Crippen LogP contribution in [0, 0.1) is 6.92 Å². The van der Waals surface area contributed by atoms with Gasteiger partial charge < -0.3 is 9.84 Å². The van der Waals surface area contributed by atoms with E-state index in [0.29, 0.717) is 5.56 Å². The van der Waals surface area contributed by atoms with Gasteiger partial charge in [-0.3, -0.25) is 4.79 Å². The highest BCUT2D eigenvalue weighted by Gasteiger charge is 2.02. The zero-order chi connectivity index (χ0) is 16.5. The molecule has 4 heteroatoms. The second-order valence-corrected chi connectivity index (χ2v) is 5.24. The largest absolute Gasteiger partial charge is 0.506 e. The Morgan fingerprint density at radius 3 is 2.45 bits per heavy atom. The molecule has 0 aromatic heterocycles. The van der Waals surface area contributed by atoms with Crippen LogP contribution >= 0.6 is 11.6 Å². The summed E-state index contributed by atoms with van der Waals surface area (Å²) in [4.78, 5) is 10.8. The number of hydrogen-bond donors (Lipinski definition) is 1. The molecule has 0 aliphatic rings. The molecule has 0 spiro atoms. The minimum atomic E-state index is -0.0861. The molecule has 0 fully saturated rings. The molecule has 0 saturated carbocycles. The van der Waals surface area contributed by atoms with Crippen molar-refractivity contribution in [2.75, 3.05) is 6.61 Å². The Labute approximate surface area is 136 Å². The first-order chi connectivity index (χ1) is 10.5. The highest BCUT2D eigenvalue weighted by atomic mass is 35.5. The summed E-state index contributed by atoms with van der Waals surface area (Å²) in [7, 11) is 0. The van der Waals surface area contributed by atoms with Crippen LogP contribution in [0.15, 0.2) is 42.5 Å². The van der Waals surface area contributed by atoms with Gasteiger partial charge in [0.2, 0.25) is 0 Å². The topological polar surface area (TPSA) is 46.5 Å². The third kappa shape index (κ3) is 5.78. The minimum Gasteiger partial charge on any atom is -0.506 e. The summed E-state index contributed by atoms with van der Waals surface area (Å²) in [5.74, 6) is 0.866. The molecule has 0 radical (unpaired) electrons. The lowest BCUT2D eigenvalue weighted by Crippen LogP contribution is -1.95. The lowest BCUT2D eigenvalue weighted by molar-refractivity contribution is 0.101. The van der Waals surface area contributed by atoms with E-state index < -0.39 is 0 Å². The predicted molar refractivity (Wildman–Crippen MR) is 90.1 cm³/mol. The second kappa shape index (κ2) is 9.11.